The van der Waals surface area contributed by atoms with Gasteiger partial charge in [0.1, 0.15) is 0 Å². The summed E-state index contributed by atoms with van der Waals surface area (Å²) in [5.74, 6) is -0.737. The van der Waals surface area contributed by atoms with Crippen LogP contribution in [0.5, 0.6) is 0 Å². The number of benzene rings is 2. The number of aryl methyl sites for hydroxylation is 1. The highest BCUT2D eigenvalue weighted by Gasteiger charge is 2.34. The monoisotopic (exact) mass is 418 g/mol. The highest BCUT2D eigenvalue weighted by molar-refractivity contribution is 5.81. The van der Waals surface area contributed by atoms with Crippen LogP contribution in [0.15, 0.2) is 48.5 Å². The molecule has 0 aromatic heterocycles. The van der Waals surface area contributed by atoms with Crippen molar-refractivity contribution in [3.05, 3.63) is 70.8 Å². The van der Waals surface area contributed by atoms with E-state index in [0.29, 0.717) is 24.9 Å². The second-order valence-electron chi connectivity index (χ2n) is 7.79. The Kier molecular flexibility index (Phi) is 6.48. The lowest BCUT2D eigenvalue weighted by Crippen LogP contribution is -2.46. The van der Waals surface area contributed by atoms with Crippen molar-refractivity contribution in [1.29, 1.82) is 0 Å². The second kappa shape index (κ2) is 8.90. The number of carbonyl (C=O) groups excluding carboxylic acids is 2. The Hall–Kier alpha value is -2.83. The first-order valence-corrected chi connectivity index (χ1v) is 9.93. The average Bonchev–Trinajstić information content (AvgIpc) is 2.71. The Bertz CT molecular complexity index is 927. The van der Waals surface area contributed by atoms with Crippen LogP contribution in [0.3, 0.4) is 0 Å². The van der Waals surface area contributed by atoms with E-state index in [1.165, 1.54) is 13.0 Å². The van der Waals surface area contributed by atoms with Gasteiger partial charge in [0.15, 0.2) is 0 Å². The summed E-state index contributed by atoms with van der Waals surface area (Å²) < 4.78 is 38.6. The molecule has 1 fully saturated rings. The van der Waals surface area contributed by atoms with Gasteiger partial charge in [-0.2, -0.15) is 13.2 Å². The normalized spacial score (nSPS) is 19.4. The van der Waals surface area contributed by atoms with E-state index >= 15 is 0 Å². The molecule has 1 N–H and O–H groups in total. The van der Waals surface area contributed by atoms with Gasteiger partial charge >= 0.3 is 6.18 Å². The molecular formula is C23H25F3N2O2. The second-order valence-corrected chi connectivity index (χ2v) is 7.79. The number of hydrogen-bond donors (Lipinski definition) is 1. The summed E-state index contributed by atoms with van der Waals surface area (Å²) in [4.78, 5) is 26.6. The molecule has 2 atom stereocenters. The van der Waals surface area contributed by atoms with Gasteiger partial charge < -0.3 is 10.2 Å². The van der Waals surface area contributed by atoms with Crippen LogP contribution < -0.4 is 5.32 Å². The highest BCUT2D eigenvalue weighted by Crippen LogP contribution is 2.34. The Morgan fingerprint density at radius 2 is 1.83 bits per heavy atom. The van der Waals surface area contributed by atoms with Crippen LogP contribution in [0.2, 0.25) is 0 Å². The fourth-order valence-electron chi connectivity index (χ4n) is 3.95. The standard InChI is InChI=1S/C23H25F3N2O2/c1-15-5-3-7-18(11-15)21-10-9-19(14-28(21)16(2)29)22(30)27-13-17-6-4-8-20(12-17)23(24,25)26/h3-8,11-12,19,21H,9-10,13-14H2,1-2H3,(H,27,30). The number of alkyl halides is 3. The number of halogens is 3. The average molecular weight is 418 g/mol. The third-order valence-electron chi connectivity index (χ3n) is 5.51. The van der Waals surface area contributed by atoms with E-state index < -0.39 is 11.7 Å². The minimum atomic E-state index is -4.42. The van der Waals surface area contributed by atoms with Crippen molar-refractivity contribution >= 4 is 11.8 Å². The third-order valence-corrected chi connectivity index (χ3v) is 5.51. The number of nitrogens with zero attached hydrogens (tertiary/aromatic N) is 1. The number of hydrogen-bond acceptors (Lipinski definition) is 2. The van der Waals surface area contributed by atoms with Gasteiger partial charge in [-0.05, 0) is 43.0 Å². The minimum absolute atomic E-state index is 0.0145. The molecule has 2 amide bonds. The van der Waals surface area contributed by atoms with Crippen molar-refractivity contribution in [2.24, 2.45) is 5.92 Å². The summed E-state index contributed by atoms with van der Waals surface area (Å²) in [5.41, 5.74) is 1.80. The minimum Gasteiger partial charge on any atom is -0.352 e. The van der Waals surface area contributed by atoms with Crippen molar-refractivity contribution in [2.45, 2.75) is 45.5 Å². The predicted octanol–water partition coefficient (Wildman–Crippen LogP) is 4.63. The quantitative estimate of drug-likeness (QED) is 0.787. The molecule has 1 aliphatic rings. The lowest BCUT2D eigenvalue weighted by Gasteiger charge is -2.39. The predicted molar refractivity (Wildman–Crippen MR) is 107 cm³/mol. The largest absolute Gasteiger partial charge is 0.416 e. The molecule has 160 valence electrons. The molecule has 30 heavy (non-hydrogen) atoms. The molecule has 2 aromatic carbocycles. The molecule has 0 aliphatic carbocycles. The van der Waals surface area contributed by atoms with Crippen LogP contribution in [0.4, 0.5) is 13.2 Å². The van der Waals surface area contributed by atoms with Gasteiger partial charge in [0.2, 0.25) is 11.8 Å². The molecule has 2 unspecified atom stereocenters. The summed E-state index contributed by atoms with van der Waals surface area (Å²) in [7, 11) is 0. The number of likely N-dealkylation sites (tertiary alicyclic amines) is 1. The van der Waals surface area contributed by atoms with E-state index in [0.717, 1.165) is 23.3 Å². The summed E-state index contributed by atoms with van der Waals surface area (Å²) in [5, 5.41) is 2.73. The van der Waals surface area contributed by atoms with E-state index in [1.54, 1.807) is 11.0 Å². The van der Waals surface area contributed by atoms with Crippen molar-refractivity contribution in [3.8, 4) is 0 Å². The zero-order valence-electron chi connectivity index (χ0n) is 17.0. The van der Waals surface area contributed by atoms with Crippen molar-refractivity contribution in [3.63, 3.8) is 0 Å². The lowest BCUT2D eigenvalue weighted by molar-refractivity contribution is -0.138. The van der Waals surface area contributed by atoms with Crippen molar-refractivity contribution in [1.82, 2.24) is 10.2 Å². The number of amides is 2. The van der Waals surface area contributed by atoms with Gasteiger partial charge in [-0.1, -0.05) is 42.0 Å². The van der Waals surface area contributed by atoms with E-state index in [9.17, 15) is 22.8 Å². The summed E-state index contributed by atoms with van der Waals surface area (Å²) in [6.45, 7) is 3.79. The Labute approximate surface area is 174 Å². The van der Waals surface area contributed by atoms with Crippen LogP contribution in [-0.4, -0.2) is 23.3 Å². The molecule has 2 aromatic rings. The molecule has 0 spiro atoms. The van der Waals surface area contributed by atoms with Crippen molar-refractivity contribution in [2.75, 3.05) is 6.54 Å². The van der Waals surface area contributed by atoms with E-state index in [1.807, 2.05) is 25.1 Å². The number of carbonyl (C=O) groups is 2. The summed E-state index contributed by atoms with van der Waals surface area (Å²) in [6.07, 6.45) is -3.16. The zero-order chi connectivity index (χ0) is 21.9. The molecule has 3 rings (SSSR count). The summed E-state index contributed by atoms with van der Waals surface area (Å²) >= 11 is 0. The maximum atomic E-state index is 12.9. The van der Waals surface area contributed by atoms with E-state index in [-0.39, 0.29) is 30.3 Å². The fraction of sp³-hybridized carbons (Fsp3) is 0.391. The van der Waals surface area contributed by atoms with Crippen LogP contribution in [-0.2, 0) is 22.3 Å². The molecule has 1 heterocycles. The van der Waals surface area contributed by atoms with Crippen LogP contribution in [0, 0.1) is 12.8 Å². The Morgan fingerprint density at radius 3 is 2.50 bits per heavy atom. The lowest BCUT2D eigenvalue weighted by atomic mass is 9.88. The molecule has 0 radical (unpaired) electrons. The third kappa shape index (κ3) is 5.20. The molecule has 7 heteroatoms. The maximum absolute atomic E-state index is 12.9. The molecule has 1 saturated heterocycles. The van der Waals surface area contributed by atoms with Gasteiger partial charge in [-0.25, -0.2) is 0 Å². The maximum Gasteiger partial charge on any atom is 0.416 e. The van der Waals surface area contributed by atoms with Gasteiger partial charge in [0, 0.05) is 20.0 Å². The Balaban J connectivity index is 1.65. The fourth-order valence-corrected chi connectivity index (χ4v) is 3.95. The van der Waals surface area contributed by atoms with E-state index in [4.69, 9.17) is 0 Å². The molecule has 4 nitrogen and oxygen atoms in total. The molecular weight excluding hydrogens is 393 g/mol. The highest BCUT2D eigenvalue weighted by atomic mass is 19.4. The molecule has 0 saturated carbocycles. The smallest absolute Gasteiger partial charge is 0.352 e. The Morgan fingerprint density at radius 1 is 1.10 bits per heavy atom. The number of piperidine rings is 1. The van der Waals surface area contributed by atoms with Crippen LogP contribution in [0.1, 0.15) is 48.1 Å². The SMILES string of the molecule is CC(=O)N1CC(C(=O)NCc2cccc(C(F)(F)F)c2)CCC1c1cccc(C)c1. The number of nitrogens with one attached hydrogen (secondary N) is 1. The van der Waals surface area contributed by atoms with Gasteiger partial charge in [0.25, 0.3) is 0 Å². The van der Waals surface area contributed by atoms with Crippen molar-refractivity contribution < 1.29 is 22.8 Å². The van der Waals surface area contributed by atoms with Gasteiger partial charge in [-0.15, -0.1) is 0 Å². The first-order valence-electron chi connectivity index (χ1n) is 9.93. The molecule has 1 aliphatic heterocycles. The first kappa shape index (κ1) is 21.9. The van der Waals surface area contributed by atoms with Crippen LogP contribution in [0.25, 0.3) is 0 Å². The molecule has 0 bridgehead atoms. The topological polar surface area (TPSA) is 49.4 Å². The van der Waals surface area contributed by atoms with Gasteiger partial charge in [-0.3, -0.25) is 9.59 Å². The first-order chi connectivity index (χ1) is 14.1. The zero-order valence-corrected chi connectivity index (χ0v) is 17.0. The van der Waals surface area contributed by atoms with E-state index in [2.05, 4.69) is 11.4 Å². The van der Waals surface area contributed by atoms with Gasteiger partial charge in [0.05, 0.1) is 17.5 Å². The van der Waals surface area contributed by atoms with Crippen LogP contribution >= 0.6 is 0 Å². The number of rotatable bonds is 4. The summed E-state index contributed by atoms with van der Waals surface area (Å²) in [6, 6.07) is 12.8.